The van der Waals surface area contributed by atoms with Crippen molar-refractivity contribution in [2.75, 3.05) is 0 Å². The molecule has 210 valence electrons. The first-order valence-electron chi connectivity index (χ1n) is 8.07. The number of aliphatic hydroxyl groups is 3. The zero-order chi connectivity index (χ0) is 29.4. The molecular formula is C15H6F18O3. The van der Waals surface area contributed by atoms with Gasteiger partial charge in [-0.1, -0.05) is 18.2 Å². The predicted octanol–water partition coefficient (Wildman–Crippen LogP) is 5.62. The summed E-state index contributed by atoms with van der Waals surface area (Å²) in [5, 5.41) is 25.6. The number of alkyl halides is 18. The Bertz CT molecular complexity index is 913. The first kappa shape index (κ1) is 31.9. The van der Waals surface area contributed by atoms with Gasteiger partial charge in [-0.3, -0.25) is 0 Å². The van der Waals surface area contributed by atoms with Crippen LogP contribution in [0.3, 0.4) is 0 Å². The van der Waals surface area contributed by atoms with Crippen LogP contribution in [0.4, 0.5) is 79.0 Å². The van der Waals surface area contributed by atoms with Crippen molar-refractivity contribution in [3.05, 3.63) is 34.9 Å². The maximum absolute atomic E-state index is 14.4. The number of benzene rings is 1. The first-order valence-corrected chi connectivity index (χ1v) is 8.07. The van der Waals surface area contributed by atoms with Crippen molar-refractivity contribution < 1.29 is 94.3 Å². The number of hydrogen-bond acceptors (Lipinski definition) is 3. The summed E-state index contributed by atoms with van der Waals surface area (Å²) in [6, 6.07) is -2.97. The van der Waals surface area contributed by atoms with Gasteiger partial charge in [0.2, 0.25) is 0 Å². The minimum atomic E-state index is -7.53. The summed E-state index contributed by atoms with van der Waals surface area (Å²) in [4.78, 5) is 0. The Labute approximate surface area is 184 Å². The van der Waals surface area contributed by atoms with Gasteiger partial charge < -0.3 is 15.3 Å². The van der Waals surface area contributed by atoms with Crippen molar-refractivity contribution in [2.24, 2.45) is 0 Å². The number of halogens is 18. The van der Waals surface area contributed by atoms with E-state index in [0.29, 0.717) is 0 Å². The van der Waals surface area contributed by atoms with Crippen LogP contribution in [-0.4, -0.2) is 51.4 Å². The lowest BCUT2D eigenvalue weighted by Gasteiger charge is -2.38. The third-order valence-electron chi connectivity index (χ3n) is 4.43. The van der Waals surface area contributed by atoms with Crippen LogP contribution >= 0.6 is 0 Å². The molecule has 0 aliphatic heterocycles. The summed E-state index contributed by atoms with van der Waals surface area (Å²) in [7, 11) is 0. The standard InChI is InChI=1S/C15H6F18O3/c16-7(17,10(22,34)13(25,26)27)4-2-1-3-5(8(18,19)11(23,35)14(28,29)30)6(4)9(20,21)12(24,36)15(31,32)33/h1-3,34-36H. The molecule has 1 rings (SSSR count). The van der Waals surface area contributed by atoms with Gasteiger partial charge in [-0.05, 0) is 0 Å². The topological polar surface area (TPSA) is 60.7 Å². The van der Waals surface area contributed by atoms with Crippen molar-refractivity contribution in [3.8, 4) is 0 Å². The SMILES string of the molecule is OC(F)(C(F)(F)F)C(F)(F)c1cccc(C(F)(F)C(O)(F)C(F)(F)F)c1C(F)(F)C(O)(F)C(F)(F)F. The molecule has 0 saturated carbocycles. The quantitative estimate of drug-likeness (QED) is 0.386. The summed E-state index contributed by atoms with van der Waals surface area (Å²) in [5.74, 6) is -43.7. The van der Waals surface area contributed by atoms with Gasteiger partial charge in [0.05, 0.1) is 0 Å². The van der Waals surface area contributed by atoms with Gasteiger partial charge in [-0.25, -0.2) is 0 Å². The molecule has 3 N–H and O–H groups in total. The summed E-state index contributed by atoms with van der Waals surface area (Å²) in [6.07, 6.45) is -22.1. The monoisotopic (exact) mass is 576 g/mol. The molecule has 1 aromatic rings. The Morgan fingerprint density at radius 3 is 0.833 bits per heavy atom. The summed E-state index contributed by atoms with van der Waals surface area (Å²) in [5.41, 5.74) is -12.3. The second-order valence-electron chi connectivity index (χ2n) is 6.81. The molecule has 0 saturated heterocycles. The van der Waals surface area contributed by atoms with E-state index < -0.39 is 88.8 Å². The molecule has 0 spiro atoms. The Kier molecular flexibility index (Phi) is 7.23. The van der Waals surface area contributed by atoms with E-state index in [1.807, 2.05) is 0 Å². The fourth-order valence-electron chi connectivity index (χ4n) is 2.47. The molecule has 3 atom stereocenters. The van der Waals surface area contributed by atoms with Crippen LogP contribution in [0.15, 0.2) is 18.2 Å². The van der Waals surface area contributed by atoms with Crippen molar-refractivity contribution in [1.82, 2.24) is 0 Å². The largest absolute Gasteiger partial charge is 0.455 e. The van der Waals surface area contributed by atoms with E-state index in [1.165, 1.54) is 0 Å². The maximum atomic E-state index is 14.4. The molecule has 0 radical (unpaired) electrons. The second-order valence-corrected chi connectivity index (χ2v) is 6.81. The van der Waals surface area contributed by atoms with E-state index in [-0.39, 0.29) is 0 Å². The molecule has 1 aromatic carbocycles. The first-order chi connectivity index (χ1) is 15.3. The molecule has 3 nitrogen and oxygen atoms in total. The van der Waals surface area contributed by atoms with Crippen LogP contribution in [0.1, 0.15) is 16.7 Å². The molecule has 0 aromatic heterocycles. The normalized spacial score (nSPS) is 19.9. The smallest absolute Gasteiger partial charge is 0.350 e. The third kappa shape index (κ3) is 4.31. The van der Waals surface area contributed by atoms with Crippen LogP contribution < -0.4 is 0 Å². The number of rotatable bonds is 6. The van der Waals surface area contributed by atoms with Gasteiger partial charge in [0.1, 0.15) is 0 Å². The van der Waals surface area contributed by atoms with Gasteiger partial charge in [0.15, 0.2) is 0 Å². The summed E-state index contributed by atoms with van der Waals surface area (Å²) < 4.78 is 240. The lowest BCUT2D eigenvalue weighted by molar-refractivity contribution is -0.401. The lowest BCUT2D eigenvalue weighted by atomic mass is 9.82. The third-order valence-corrected chi connectivity index (χ3v) is 4.43. The van der Waals surface area contributed by atoms with E-state index in [4.69, 9.17) is 15.3 Å². The van der Waals surface area contributed by atoms with Gasteiger partial charge in [-0.2, -0.15) is 79.0 Å². The number of hydrogen-bond donors (Lipinski definition) is 3. The second kappa shape index (κ2) is 8.17. The molecular weight excluding hydrogens is 570 g/mol. The van der Waals surface area contributed by atoms with Crippen molar-refractivity contribution in [2.45, 2.75) is 53.9 Å². The van der Waals surface area contributed by atoms with Crippen LogP contribution in [0.25, 0.3) is 0 Å². The van der Waals surface area contributed by atoms with Gasteiger partial charge >= 0.3 is 53.9 Å². The molecule has 36 heavy (non-hydrogen) atoms. The Hall–Kier alpha value is -2.16. The van der Waals surface area contributed by atoms with E-state index >= 15 is 0 Å². The van der Waals surface area contributed by atoms with Crippen molar-refractivity contribution in [1.29, 1.82) is 0 Å². The average Bonchev–Trinajstić information content (AvgIpc) is 2.64. The van der Waals surface area contributed by atoms with Crippen LogP contribution in [-0.2, 0) is 17.8 Å². The van der Waals surface area contributed by atoms with Crippen LogP contribution in [0, 0.1) is 0 Å². The highest BCUT2D eigenvalue weighted by molar-refractivity contribution is 5.46. The molecule has 21 heteroatoms. The van der Waals surface area contributed by atoms with Gasteiger partial charge in [0.25, 0.3) is 0 Å². The summed E-state index contributed by atoms with van der Waals surface area (Å²) in [6.45, 7) is 0. The fraction of sp³-hybridized carbons (Fsp3) is 0.600. The molecule has 0 bridgehead atoms. The molecule has 0 heterocycles. The average molecular weight is 576 g/mol. The fourth-order valence-corrected chi connectivity index (χ4v) is 2.47. The Morgan fingerprint density at radius 1 is 0.389 bits per heavy atom. The van der Waals surface area contributed by atoms with E-state index in [9.17, 15) is 79.0 Å². The minimum absolute atomic E-state index is 0.712. The maximum Gasteiger partial charge on any atom is 0.455 e. The van der Waals surface area contributed by atoms with E-state index in [2.05, 4.69) is 0 Å². The molecule has 0 aliphatic carbocycles. The van der Waals surface area contributed by atoms with Gasteiger partial charge in [0, 0.05) is 16.7 Å². The highest BCUT2D eigenvalue weighted by atomic mass is 19.4. The Morgan fingerprint density at radius 2 is 0.611 bits per heavy atom. The lowest BCUT2D eigenvalue weighted by Crippen LogP contribution is -2.59. The highest BCUT2D eigenvalue weighted by Crippen LogP contribution is 2.59. The molecule has 0 fully saturated rings. The summed E-state index contributed by atoms with van der Waals surface area (Å²) >= 11 is 0. The van der Waals surface area contributed by atoms with Crippen molar-refractivity contribution >= 4 is 0 Å². The molecule has 0 amide bonds. The van der Waals surface area contributed by atoms with E-state index in [1.54, 1.807) is 0 Å². The van der Waals surface area contributed by atoms with Crippen LogP contribution in [0.5, 0.6) is 0 Å². The van der Waals surface area contributed by atoms with Gasteiger partial charge in [-0.15, -0.1) is 0 Å². The minimum Gasteiger partial charge on any atom is -0.350 e. The van der Waals surface area contributed by atoms with Crippen LogP contribution in [0.2, 0.25) is 0 Å². The van der Waals surface area contributed by atoms with E-state index in [0.717, 1.165) is 0 Å². The van der Waals surface area contributed by atoms with Crippen molar-refractivity contribution in [3.63, 3.8) is 0 Å². The molecule has 3 unspecified atom stereocenters. The Balaban J connectivity index is 4.41. The zero-order valence-corrected chi connectivity index (χ0v) is 15.9. The predicted molar refractivity (Wildman–Crippen MR) is 74.5 cm³/mol. The zero-order valence-electron chi connectivity index (χ0n) is 15.9. The molecule has 0 aliphatic rings. The highest BCUT2D eigenvalue weighted by Gasteiger charge is 2.79.